The van der Waals surface area contributed by atoms with Gasteiger partial charge in [0.15, 0.2) is 24.1 Å². The summed E-state index contributed by atoms with van der Waals surface area (Å²) < 4.78 is 50.0. The second-order valence-corrected chi connectivity index (χ2v) is 9.15. The number of hydrogen-bond acceptors (Lipinski definition) is 13. The van der Waals surface area contributed by atoms with E-state index < -0.39 is 101 Å². The van der Waals surface area contributed by atoms with Crippen LogP contribution in [0.4, 0.5) is 19.0 Å². The van der Waals surface area contributed by atoms with Crippen molar-refractivity contribution in [2.45, 2.75) is 62.9 Å². The van der Waals surface area contributed by atoms with Crippen LogP contribution in [0.3, 0.4) is 0 Å². The average molecular weight is 621 g/mol. The Balaban J connectivity index is 0.000000186. The monoisotopic (exact) mass is 621 g/mol. The van der Waals surface area contributed by atoms with Crippen molar-refractivity contribution in [1.82, 2.24) is 29.1 Å². The summed E-state index contributed by atoms with van der Waals surface area (Å²) >= 11 is 0. The van der Waals surface area contributed by atoms with Gasteiger partial charge in [-0.25, -0.2) is 18.8 Å². The fraction of sp³-hybridized carbons (Fsp3) is 0.455. The number of nitrogen functional groups attached to an aromatic ring is 1. The van der Waals surface area contributed by atoms with E-state index in [-0.39, 0.29) is 0 Å². The summed E-state index contributed by atoms with van der Waals surface area (Å²) in [7, 11) is 0. The van der Waals surface area contributed by atoms with Crippen molar-refractivity contribution in [2.75, 3.05) is 5.73 Å². The number of halogens is 3. The zero-order valence-electron chi connectivity index (χ0n) is 22.1. The third-order valence-electron chi connectivity index (χ3n) is 6.13. The lowest BCUT2D eigenvalue weighted by Crippen LogP contribution is -2.38. The van der Waals surface area contributed by atoms with Gasteiger partial charge in [0.25, 0.3) is 11.1 Å². The van der Waals surface area contributed by atoms with Crippen LogP contribution < -0.4 is 33.9 Å². The molecule has 43 heavy (non-hydrogen) atoms. The standard InChI is InChI=1S/C9H12FN3O4.C9H11FN2O5.C4H3FN2O2/c1-3-5(14)6(15)8(17-3)13-2-4(10)7(11)12-9(13)16;1-3-5(13)6(14)8(17-3)12-2-4(10)7(15)11-9(12)16;5-2-1-6-4(9)7-3(2)8/h2-3,5-6,8,14-15H,1H3,(H2,11,12,16);2-3,5-6,8,13-14H,1H3,(H,11,15,16);1H,(H2,6,7,8,9). The quantitative estimate of drug-likeness (QED) is 0.136. The van der Waals surface area contributed by atoms with Gasteiger partial charge in [-0.05, 0) is 13.8 Å². The van der Waals surface area contributed by atoms with E-state index in [2.05, 4.69) is 4.98 Å². The summed E-state index contributed by atoms with van der Waals surface area (Å²) in [5, 5.41) is 38.2. The number of aromatic nitrogens is 6. The lowest BCUT2D eigenvalue weighted by molar-refractivity contribution is -0.0356. The molecule has 3 aromatic heterocycles. The number of aromatic amines is 3. The summed E-state index contributed by atoms with van der Waals surface area (Å²) in [6, 6.07) is 0. The molecule has 0 amide bonds. The van der Waals surface area contributed by atoms with Crippen molar-refractivity contribution >= 4 is 5.82 Å². The third-order valence-corrected chi connectivity index (χ3v) is 6.13. The summed E-state index contributed by atoms with van der Waals surface area (Å²) in [6.07, 6.45) is -6.63. The molecule has 236 valence electrons. The number of rotatable bonds is 2. The maximum atomic E-state index is 13.2. The Labute approximate surface area is 235 Å². The highest BCUT2D eigenvalue weighted by Gasteiger charge is 2.43. The Kier molecular flexibility index (Phi) is 10.2. The van der Waals surface area contributed by atoms with Gasteiger partial charge in [-0.1, -0.05) is 0 Å². The summed E-state index contributed by atoms with van der Waals surface area (Å²) in [5.74, 6) is -3.58. The molecule has 0 aromatic carbocycles. The van der Waals surface area contributed by atoms with Crippen LogP contribution in [-0.2, 0) is 9.47 Å². The van der Waals surface area contributed by atoms with E-state index in [9.17, 15) is 57.6 Å². The molecule has 2 fully saturated rings. The molecule has 2 aliphatic heterocycles. The molecule has 5 heterocycles. The SMILES string of the molecule is CC1OC(n2cc(F)c(=O)[nH]c2=O)C(O)C1O.CC1OC(n2cc(F)c(N)nc2=O)C(O)C1O.O=c1[nH]cc(F)c(=O)[nH]1. The predicted molar refractivity (Wildman–Crippen MR) is 135 cm³/mol. The molecule has 0 radical (unpaired) electrons. The molecule has 5 rings (SSSR count). The first kappa shape index (κ1) is 33.1. The lowest BCUT2D eigenvalue weighted by Gasteiger charge is -2.17. The first-order valence-electron chi connectivity index (χ1n) is 12.1. The van der Waals surface area contributed by atoms with Crippen LogP contribution in [0.5, 0.6) is 0 Å². The number of anilines is 1. The van der Waals surface area contributed by atoms with Gasteiger partial charge in [-0.15, -0.1) is 0 Å². The van der Waals surface area contributed by atoms with Crippen molar-refractivity contribution in [3.63, 3.8) is 0 Å². The smallest absolute Gasteiger partial charge is 0.351 e. The van der Waals surface area contributed by atoms with Crippen LogP contribution in [-0.4, -0.2) is 86.1 Å². The van der Waals surface area contributed by atoms with Crippen LogP contribution in [0.1, 0.15) is 26.3 Å². The molecule has 8 atom stereocenters. The highest BCUT2D eigenvalue weighted by atomic mass is 19.1. The Bertz CT molecular complexity index is 1740. The molecule has 0 aliphatic carbocycles. The van der Waals surface area contributed by atoms with Crippen LogP contribution in [0, 0.1) is 17.5 Å². The zero-order chi connectivity index (χ0) is 32.3. The number of aliphatic hydroxyl groups excluding tert-OH is 4. The largest absolute Gasteiger partial charge is 0.388 e. The van der Waals surface area contributed by atoms with Crippen molar-refractivity contribution in [3.8, 4) is 0 Å². The average Bonchev–Trinajstić information content (AvgIpc) is 3.35. The molecule has 0 saturated carbocycles. The van der Waals surface area contributed by atoms with Crippen molar-refractivity contribution in [3.05, 3.63) is 88.2 Å². The van der Waals surface area contributed by atoms with Crippen molar-refractivity contribution < 1.29 is 43.1 Å². The van der Waals surface area contributed by atoms with Crippen molar-refractivity contribution in [2.24, 2.45) is 0 Å². The third kappa shape index (κ3) is 7.33. The number of nitrogens with two attached hydrogens (primary N) is 1. The van der Waals surface area contributed by atoms with E-state index in [1.165, 1.54) is 13.8 Å². The molecule has 0 spiro atoms. The number of hydrogen-bond donors (Lipinski definition) is 8. The highest BCUT2D eigenvalue weighted by molar-refractivity contribution is 5.26. The summed E-state index contributed by atoms with van der Waals surface area (Å²) in [6.45, 7) is 3.03. The fourth-order valence-electron chi connectivity index (χ4n) is 3.80. The van der Waals surface area contributed by atoms with Crippen LogP contribution in [0.25, 0.3) is 0 Å². The molecule has 2 aliphatic rings. The number of nitrogens with zero attached hydrogens (tertiary/aromatic N) is 3. The minimum absolute atomic E-state index is 0.521. The first-order chi connectivity index (χ1) is 20.0. The van der Waals surface area contributed by atoms with E-state index in [4.69, 9.17) is 15.2 Å². The topological polar surface area (TPSA) is 281 Å². The first-order valence-corrected chi connectivity index (χ1v) is 12.1. The second kappa shape index (κ2) is 13.3. The maximum absolute atomic E-state index is 13.2. The molecule has 18 nitrogen and oxygen atoms in total. The number of ether oxygens (including phenoxy) is 2. The summed E-state index contributed by atoms with van der Waals surface area (Å²) in [4.78, 5) is 62.7. The van der Waals surface area contributed by atoms with Gasteiger partial charge in [0.05, 0.1) is 24.6 Å². The van der Waals surface area contributed by atoms with Gasteiger partial charge in [0.1, 0.15) is 24.4 Å². The Hall–Kier alpha value is -4.41. The Morgan fingerprint density at radius 2 is 1.26 bits per heavy atom. The van der Waals surface area contributed by atoms with E-state index in [1.54, 1.807) is 9.97 Å². The minimum atomic E-state index is -1.37. The number of H-pyrrole nitrogens is 3. The van der Waals surface area contributed by atoms with Gasteiger partial charge >= 0.3 is 17.1 Å². The van der Waals surface area contributed by atoms with Gasteiger partial charge in [0.2, 0.25) is 11.6 Å². The van der Waals surface area contributed by atoms with E-state index in [0.29, 0.717) is 17.0 Å². The number of aliphatic hydroxyl groups is 4. The molecule has 21 heteroatoms. The molecule has 0 bridgehead atoms. The van der Waals surface area contributed by atoms with E-state index >= 15 is 0 Å². The van der Waals surface area contributed by atoms with E-state index in [1.807, 2.05) is 4.98 Å². The predicted octanol–water partition coefficient (Wildman–Crippen LogP) is -3.88. The normalized spacial score (nSPS) is 28.0. The summed E-state index contributed by atoms with van der Waals surface area (Å²) in [5.41, 5.74) is 0.504. The lowest BCUT2D eigenvalue weighted by atomic mass is 10.1. The van der Waals surface area contributed by atoms with Crippen molar-refractivity contribution in [1.29, 1.82) is 0 Å². The Morgan fingerprint density at radius 1 is 0.767 bits per heavy atom. The molecule has 2 saturated heterocycles. The van der Waals surface area contributed by atoms with Gasteiger partial charge in [-0.2, -0.15) is 13.8 Å². The molecule has 8 unspecified atom stereocenters. The molecular weight excluding hydrogens is 595 g/mol. The molecule has 9 N–H and O–H groups in total. The van der Waals surface area contributed by atoms with Crippen LogP contribution in [0.15, 0.2) is 42.6 Å². The van der Waals surface area contributed by atoms with Crippen LogP contribution >= 0.6 is 0 Å². The van der Waals surface area contributed by atoms with Gasteiger partial charge in [-0.3, -0.25) is 28.7 Å². The van der Waals surface area contributed by atoms with Gasteiger partial charge < -0.3 is 40.6 Å². The van der Waals surface area contributed by atoms with Gasteiger partial charge in [0, 0.05) is 6.20 Å². The second-order valence-electron chi connectivity index (χ2n) is 9.15. The molecular formula is C22H26F3N7O11. The highest BCUT2D eigenvalue weighted by Crippen LogP contribution is 2.28. The number of nitrogens with one attached hydrogen (secondary N) is 3. The minimum Gasteiger partial charge on any atom is -0.388 e. The van der Waals surface area contributed by atoms with E-state index in [0.717, 1.165) is 10.8 Å². The molecule has 3 aromatic rings. The zero-order valence-corrected chi connectivity index (χ0v) is 22.1. The Morgan fingerprint density at radius 3 is 1.72 bits per heavy atom. The van der Waals surface area contributed by atoms with Crippen LogP contribution in [0.2, 0.25) is 0 Å². The maximum Gasteiger partial charge on any atom is 0.351 e. The fourth-order valence-corrected chi connectivity index (χ4v) is 3.80.